The number of aryl methyl sites for hydroxylation is 1. The van der Waals surface area contributed by atoms with E-state index in [1.165, 1.54) is 12.0 Å². The van der Waals surface area contributed by atoms with E-state index < -0.39 is 0 Å². The molecule has 3 nitrogen and oxygen atoms in total. The number of likely N-dealkylation sites (tertiary alicyclic amines) is 1. The second-order valence-corrected chi connectivity index (χ2v) is 5.43. The Bertz CT molecular complexity index is 516. The van der Waals surface area contributed by atoms with E-state index >= 15 is 0 Å². The van der Waals surface area contributed by atoms with Crippen LogP contribution in [-0.2, 0) is 11.3 Å². The van der Waals surface area contributed by atoms with Crippen LogP contribution in [0.25, 0.3) is 0 Å². The van der Waals surface area contributed by atoms with Gasteiger partial charge in [0.05, 0.1) is 11.6 Å². The SMILES string of the molecule is CC(=O)CC1CCCN1Cc1ccc(C#N)cc1C. The van der Waals surface area contributed by atoms with Crippen LogP contribution >= 0.6 is 0 Å². The van der Waals surface area contributed by atoms with Crippen LogP contribution in [0.4, 0.5) is 0 Å². The van der Waals surface area contributed by atoms with E-state index in [9.17, 15) is 4.79 Å². The molecule has 100 valence electrons. The number of nitriles is 1. The number of hydrogen-bond donors (Lipinski definition) is 0. The van der Waals surface area contributed by atoms with Gasteiger partial charge in [-0.15, -0.1) is 0 Å². The van der Waals surface area contributed by atoms with Crippen molar-refractivity contribution in [2.24, 2.45) is 0 Å². The van der Waals surface area contributed by atoms with Gasteiger partial charge in [0.15, 0.2) is 0 Å². The minimum absolute atomic E-state index is 0.272. The number of Topliss-reactive ketones (excluding diaryl/α,β-unsaturated/α-hetero) is 1. The highest BCUT2D eigenvalue weighted by Crippen LogP contribution is 2.24. The van der Waals surface area contributed by atoms with Crippen LogP contribution in [0.2, 0.25) is 0 Å². The number of carbonyl (C=O) groups is 1. The first-order valence-electron chi connectivity index (χ1n) is 6.83. The summed E-state index contributed by atoms with van der Waals surface area (Å²) in [6.45, 7) is 5.67. The predicted octanol–water partition coefficient (Wildman–Crippen LogP) is 2.81. The molecular weight excluding hydrogens is 236 g/mol. The van der Waals surface area contributed by atoms with Crippen molar-refractivity contribution in [2.45, 2.75) is 45.7 Å². The van der Waals surface area contributed by atoms with E-state index in [0.29, 0.717) is 18.0 Å². The van der Waals surface area contributed by atoms with Crippen LogP contribution in [0.5, 0.6) is 0 Å². The van der Waals surface area contributed by atoms with Gasteiger partial charge in [-0.25, -0.2) is 0 Å². The summed E-state index contributed by atoms with van der Waals surface area (Å²) in [6.07, 6.45) is 2.96. The van der Waals surface area contributed by atoms with Crippen molar-refractivity contribution in [2.75, 3.05) is 6.54 Å². The Morgan fingerprint density at radius 3 is 2.95 bits per heavy atom. The van der Waals surface area contributed by atoms with Crippen LogP contribution < -0.4 is 0 Å². The fraction of sp³-hybridized carbons (Fsp3) is 0.500. The molecule has 0 amide bonds. The van der Waals surface area contributed by atoms with Crippen molar-refractivity contribution in [3.05, 3.63) is 34.9 Å². The minimum Gasteiger partial charge on any atom is -0.300 e. The lowest BCUT2D eigenvalue weighted by Gasteiger charge is -2.24. The van der Waals surface area contributed by atoms with Gasteiger partial charge in [-0.3, -0.25) is 9.69 Å². The third-order valence-corrected chi connectivity index (χ3v) is 3.87. The molecular formula is C16H20N2O. The van der Waals surface area contributed by atoms with Gasteiger partial charge in [-0.1, -0.05) is 6.07 Å². The maximum absolute atomic E-state index is 11.3. The lowest BCUT2D eigenvalue weighted by Crippen LogP contribution is -2.30. The molecule has 1 aliphatic heterocycles. The molecule has 1 atom stereocenters. The zero-order valence-corrected chi connectivity index (χ0v) is 11.6. The average Bonchev–Trinajstić information content (AvgIpc) is 2.78. The summed E-state index contributed by atoms with van der Waals surface area (Å²) in [7, 11) is 0. The van der Waals surface area contributed by atoms with Crippen LogP contribution in [0.3, 0.4) is 0 Å². The summed E-state index contributed by atoms with van der Waals surface area (Å²) in [6, 6.07) is 8.41. The largest absolute Gasteiger partial charge is 0.300 e. The Kier molecular flexibility index (Phi) is 4.34. The first-order chi connectivity index (χ1) is 9.10. The van der Waals surface area contributed by atoms with Gasteiger partial charge in [0.2, 0.25) is 0 Å². The van der Waals surface area contributed by atoms with Crippen LogP contribution in [-0.4, -0.2) is 23.3 Å². The van der Waals surface area contributed by atoms with Crippen LogP contribution in [0.15, 0.2) is 18.2 Å². The lowest BCUT2D eigenvalue weighted by molar-refractivity contribution is -0.118. The Hall–Kier alpha value is -1.66. The highest BCUT2D eigenvalue weighted by atomic mass is 16.1. The molecule has 1 fully saturated rings. The molecule has 2 rings (SSSR count). The van der Waals surface area contributed by atoms with Crippen molar-refractivity contribution in [1.29, 1.82) is 5.26 Å². The van der Waals surface area contributed by atoms with Gasteiger partial charge in [-0.05, 0) is 56.5 Å². The van der Waals surface area contributed by atoms with Gasteiger partial charge >= 0.3 is 0 Å². The Labute approximate surface area is 114 Å². The van der Waals surface area contributed by atoms with E-state index in [-0.39, 0.29) is 5.78 Å². The summed E-state index contributed by atoms with van der Waals surface area (Å²) in [5.74, 6) is 0.272. The van der Waals surface area contributed by atoms with Gasteiger partial charge in [0.1, 0.15) is 5.78 Å². The van der Waals surface area contributed by atoms with Crippen molar-refractivity contribution in [3.63, 3.8) is 0 Å². The summed E-state index contributed by atoms with van der Waals surface area (Å²) in [5.41, 5.74) is 3.13. The molecule has 1 saturated heterocycles. The van der Waals surface area contributed by atoms with Crippen molar-refractivity contribution in [3.8, 4) is 6.07 Å². The van der Waals surface area contributed by atoms with Gasteiger partial charge in [0, 0.05) is 19.0 Å². The van der Waals surface area contributed by atoms with Crippen molar-refractivity contribution in [1.82, 2.24) is 4.90 Å². The molecule has 1 aromatic rings. The number of carbonyl (C=O) groups excluding carboxylic acids is 1. The van der Waals surface area contributed by atoms with Crippen LogP contribution in [0, 0.1) is 18.3 Å². The standard InChI is InChI=1S/C16H20N2O/c1-12-8-14(10-17)5-6-15(12)11-18-7-3-4-16(18)9-13(2)19/h5-6,8,16H,3-4,7,9,11H2,1-2H3. The third-order valence-electron chi connectivity index (χ3n) is 3.87. The Morgan fingerprint density at radius 1 is 1.53 bits per heavy atom. The monoisotopic (exact) mass is 256 g/mol. The van der Waals surface area contributed by atoms with E-state index in [4.69, 9.17) is 5.26 Å². The van der Waals surface area contributed by atoms with E-state index in [1.54, 1.807) is 6.92 Å². The molecule has 0 saturated carbocycles. The molecule has 1 heterocycles. The second-order valence-electron chi connectivity index (χ2n) is 5.43. The van der Waals surface area contributed by atoms with Gasteiger partial charge < -0.3 is 0 Å². The predicted molar refractivity (Wildman–Crippen MR) is 74.6 cm³/mol. The van der Waals surface area contributed by atoms with Crippen LogP contribution in [0.1, 0.15) is 42.9 Å². The summed E-state index contributed by atoms with van der Waals surface area (Å²) in [5, 5.41) is 8.88. The second kappa shape index (κ2) is 5.99. The van der Waals surface area contributed by atoms with Gasteiger partial charge in [-0.2, -0.15) is 5.26 Å². The number of rotatable bonds is 4. The normalized spacial score (nSPS) is 19.3. The molecule has 0 aliphatic carbocycles. The number of nitrogens with zero attached hydrogens (tertiary/aromatic N) is 2. The molecule has 0 bridgehead atoms. The Balaban J connectivity index is 2.08. The van der Waals surface area contributed by atoms with Crippen molar-refractivity contribution >= 4 is 5.78 Å². The molecule has 1 unspecified atom stereocenters. The topological polar surface area (TPSA) is 44.1 Å². The minimum atomic E-state index is 0.272. The summed E-state index contributed by atoms with van der Waals surface area (Å²) >= 11 is 0. The Morgan fingerprint density at radius 2 is 2.32 bits per heavy atom. The number of hydrogen-bond acceptors (Lipinski definition) is 3. The van der Waals surface area contributed by atoms with E-state index in [0.717, 1.165) is 25.1 Å². The quantitative estimate of drug-likeness (QED) is 0.832. The smallest absolute Gasteiger partial charge is 0.131 e. The van der Waals surface area contributed by atoms with Gasteiger partial charge in [0.25, 0.3) is 0 Å². The maximum atomic E-state index is 11.3. The first kappa shape index (κ1) is 13.8. The number of ketones is 1. The average molecular weight is 256 g/mol. The molecule has 0 spiro atoms. The maximum Gasteiger partial charge on any atom is 0.131 e. The zero-order valence-electron chi connectivity index (χ0n) is 11.6. The highest BCUT2D eigenvalue weighted by Gasteiger charge is 2.25. The molecule has 0 radical (unpaired) electrons. The molecule has 3 heteroatoms. The molecule has 0 aromatic heterocycles. The molecule has 0 N–H and O–H groups in total. The fourth-order valence-electron chi connectivity index (χ4n) is 2.83. The third kappa shape index (κ3) is 3.42. The number of benzene rings is 1. The van der Waals surface area contributed by atoms with E-state index in [1.807, 2.05) is 25.1 Å². The van der Waals surface area contributed by atoms with Crippen molar-refractivity contribution < 1.29 is 4.79 Å². The molecule has 1 aromatic carbocycles. The summed E-state index contributed by atoms with van der Waals surface area (Å²) in [4.78, 5) is 13.7. The highest BCUT2D eigenvalue weighted by molar-refractivity contribution is 5.76. The lowest BCUT2D eigenvalue weighted by atomic mass is 10.0. The molecule has 19 heavy (non-hydrogen) atoms. The fourth-order valence-corrected chi connectivity index (χ4v) is 2.83. The summed E-state index contributed by atoms with van der Waals surface area (Å²) < 4.78 is 0. The van der Waals surface area contributed by atoms with E-state index in [2.05, 4.69) is 11.0 Å². The zero-order chi connectivity index (χ0) is 13.8. The first-order valence-corrected chi connectivity index (χ1v) is 6.83. The molecule has 1 aliphatic rings.